The number of halogens is 2. The van der Waals surface area contributed by atoms with Gasteiger partial charge in [-0.2, -0.15) is 4.98 Å². The summed E-state index contributed by atoms with van der Waals surface area (Å²) in [5.41, 5.74) is 3.57. The maximum absolute atomic E-state index is 16.4. The highest BCUT2D eigenvalue weighted by molar-refractivity contribution is 7.90. The van der Waals surface area contributed by atoms with Crippen LogP contribution < -0.4 is 4.74 Å². The van der Waals surface area contributed by atoms with Gasteiger partial charge in [-0.25, -0.2) is 17.2 Å². The fourth-order valence-electron chi connectivity index (χ4n) is 7.47. The quantitative estimate of drug-likeness (QED) is 0.0636. The van der Waals surface area contributed by atoms with Gasteiger partial charge in [-0.3, -0.25) is 14.3 Å². The highest BCUT2D eigenvalue weighted by Crippen LogP contribution is 2.37. The molecule has 1 aromatic heterocycles. The van der Waals surface area contributed by atoms with Crippen molar-refractivity contribution in [1.82, 2.24) is 14.5 Å². The Bertz CT molecular complexity index is 2020. The smallest absolute Gasteiger partial charge is 0.306 e. The Kier molecular flexibility index (Phi) is 12.6. The number of likely N-dealkylation sites (tertiary alicyclic amines) is 1. The van der Waals surface area contributed by atoms with Gasteiger partial charge in [0.05, 0.1) is 23.4 Å². The number of rotatable bonds is 16. The molecular weight excluding hydrogens is 729 g/mol. The number of esters is 1. The second kappa shape index (κ2) is 17.0. The van der Waals surface area contributed by atoms with Crippen LogP contribution in [0.2, 0.25) is 25.7 Å². The van der Waals surface area contributed by atoms with Crippen molar-refractivity contribution in [2.45, 2.75) is 84.1 Å². The fourth-order valence-corrected chi connectivity index (χ4v) is 9.29. The van der Waals surface area contributed by atoms with E-state index in [1.54, 1.807) is 23.6 Å². The molecule has 9 nitrogen and oxygen atoms in total. The number of hydrogen-bond acceptors (Lipinski definition) is 8. The summed E-state index contributed by atoms with van der Waals surface area (Å²) in [6, 6.07) is 17.8. The number of carbonyl (C=O) groups is 1. The van der Waals surface area contributed by atoms with Gasteiger partial charge in [0.25, 0.3) is 6.01 Å². The van der Waals surface area contributed by atoms with Crippen molar-refractivity contribution in [1.29, 1.82) is 0 Å². The van der Waals surface area contributed by atoms with Crippen LogP contribution in [0.1, 0.15) is 44.6 Å². The maximum atomic E-state index is 16.4. The molecule has 0 amide bonds. The molecule has 2 heterocycles. The number of nitrogens with zero attached hydrogens (tertiary/aromatic N) is 3. The molecule has 0 bridgehead atoms. The molecule has 0 unspecified atom stereocenters. The van der Waals surface area contributed by atoms with E-state index in [1.807, 2.05) is 24.3 Å². The Labute approximate surface area is 318 Å². The summed E-state index contributed by atoms with van der Waals surface area (Å²) in [4.78, 5) is 18.9. The lowest BCUT2D eigenvalue weighted by Gasteiger charge is -2.39. The van der Waals surface area contributed by atoms with Crippen molar-refractivity contribution in [3.05, 3.63) is 71.8 Å². The first-order chi connectivity index (χ1) is 25.7. The van der Waals surface area contributed by atoms with E-state index in [2.05, 4.69) is 41.7 Å². The van der Waals surface area contributed by atoms with E-state index in [-0.39, 0.29) is 59.0 Å². The van der Waals surface area contributed by atoms with E-state index in [9.17, 15) is 13.2 Å². The van der Waals surface area contributed by atoms with E-state index >= 15 is 8.78 Å². The van der Waals surface area contributed by atoms with Crippen molar-refractivity contribution in [2.75, 3.05) is 38.3 Å². The van der Waals surface area contributed by atoms with Crippen molar-refractivity contribution < 1.29 is 36.2 Å². The third-order valence-corrected chi connectivity index (χ3v) is 13.2. The molecule has 1 saturated heterocycles. The number of aromatic nitrogens is 2. The van der Waals surface area contributed by atoms with E-state index in [0.717, 1.165) is 55.2 Å². The molecule has 0 atom stereocenters. The van der Waals surface area contributed by atoms with Crippen LogP contribution >= 0.6 is 0 Å². The SMILES string of the molecule is CCOC(=O)C[C@H]1CC[C@H](Oc2nc3c(F)c(-c4ccc(-c5ccc(CN6CC(CS(C)(=O)=O)C6)cc5)cc4)c(F)cc3n2COCC[Si](C)(C)C)CC1. The number of ether oxygens (including phenoxy) is 3. The van der Waals surface area contributed by atoms with Crippen molar-refractivity contribution in [3.8, 4) is 28.3 Å². The fraction of sp³-hybridized carbons (Fsp3) is 0.512. The van der Waals surface area contributed by atoms with Crippen molar-refractivity contribution in [3.63, 3.8) is 0 Å². The largest absolute Gasteiger partial charge is 0.466 e. The minimum atomic E-state index is -2.96. The van der Waals surface area contributed by atoms with Gasteiger partial charge in [-0.15, -0.1) is 0 Å². The first kappa shape index (κ1) is 40.0. The Morgan fingerprint density at radius 3 is 2.17 bits per heavy atom. The Hall–Kier alpha value is -3.65. The van der Waals surface area contributed by atoms with Crippen molar-refractivity contribution >= 4 is 34.9 Å². The topological polar surface area (TPSA) is 100.0 Å². The van der Waals surface area contributed by atoms with Crippen LogP contribution in [0.4, 0.5) is 8.78 Å². The summed E-state index contributed by atoms with van der Waals surface area (Å²) in [6.07, 6.45) is 4.54. The van der Waals surface area contributed by atoms with E-state index in [4.69, 9.17) is 14.2 Å². The molecule has 1 aliphatic carbocycles. The van der Waals surface area contributed by atoms with Crippen LogP contribution in [0.5, 0.6) is 6.01 Å². The molecule has 0 spiro atoms. The monoisotopic (exact) mass is 781 g/mol. The third kappa shape index (κ3) is 10.3. The van der Waals surface area contributed by atoms with E-state index in [1.165, 1.54) is 12.3 Å². The van der Waals surface area contributed by atoms with Gasteiger partial charge in [0.2, 0.25) is 0 Å². The Balaban J connectivity index is 1.17. The molecule has 6 rings (SSSR count). The van der Waals surface area contributed by atoms with E-state index < -0.39 is 29.5 Å². The van der Waals surface area contributed by atoms with Crippen LogP contribution in [0.3, 0.4) is 0 Å². The minimum Gasteiger partial charge on any atom is -0.466 e. The predicted octanol–water partition coefficient (Wildman–Crippen LogP) is 8.33. The molecule has 0 N–H and O–H groups in total. The summed E-state index contributed by atoms with van der Waals surface area (Å²) in [6.45, 7) is 11.9. The van der Waals surface area contributed by atoms with Crippen LogP contribution in [-0.2, 0) is 37.4 Å². The number of hydrogen-bond donors (Lipinski definition) is 0. The van der Waals surface area contributed by atoms with Crippen LogP contribution in [0, 0.1) is 23.5 Å². The second-order valence-corrected chi connectivity index (χ2v) is 24.1. The highest BCUT2D eigenvalue weighted by atomic mass is 32.2. The van der Waals surface area contributed by atoms with Gasteiger partial charge in [0.15, 0.2) is 5.82 Å². The number of imidazole rings is 1. The maximum Gasteiger partial charge on any atom is 0.306 e. The first-order valence-electron chi connectivity index (χ1n) is 19.0. The molecule has 54 heavy (non-hydrogen) atoms. The van der Waals surface area contributed by atoms with Gasteiger partial charge >= 0.3 is 5.97 Å². The summed E-state index contributed by atoms with van der Waals surface area (Å²) >= 11 is 0. The predicted molar refractivity (Wildman–Crippen MR) is 211 cm³/mol. The molecule has 1 aliphatic heterocycles. The first-order valence-corrected chi connectivity index (χ1v) is 24.8. The lowest BCUT2D eigenvalue weighted by Crippen LogP contribution is -2.48. The molecule has 3 aromatic carbocycles. The van der Waals surface area contributed by atoms with E-state index in [0.29, 0.717) is 38.0 Å². The van der Waals surface area contributed by atoms with Gasteiger partial charge in [0.1, 0.15) is 34.0 Å². The molecule has 0 radical (unpaired) electrons. The summed E-state index contributed by atoms with van der Waals surface area (Å²) in [5, 5.41) is 0. The molecule has 292 valence electrons. The van der Waals surface area contributed by atoms with Crippen LogP contribution in [-0.4, -0.2) is 81.3 Å². The third-order valence-electron chi connectivity index (χ3n) is 10.4. The van der Waals surface area contributed by atoms with Gasteiger partial charge in [-0.1, -0.05) is 68.2 Å². The lowest BCUT2D eigenvalue weighted by atomic mass is 9.85. The van der Waals surface area contributed by atoms with Gasteiger partial charge in [0, 0.05) is 53.1 Å². The number of sulfone groups is 1. The van der Waals surface area contributed by atoms with Gasteiger partial charge < -0.3 is 14.2 Å². The zero-order valence-corrected chi connectivity index (χ0v) is 33.9. The Morgan fingerprint density at radius 2 is 1.56 bits per heavy atom. The standard InChI is InChI=1S/C41H53F2N3O6SSi/c1-6-51-37(47)21-28-9-17-34(18-10-28)52-41-44-40-36(46(41)27-50-19-20-54(3,4)5)22-35(42)38(39(40)43)33-15-13-32(14-16-33)31-11-7-29(8-12-31)23-45-24-30(25-45)26-53(2,48)49/h7-8,11-16,22,28,30,34H,6,9-10,17-21,23-27H2,1-5H3/t28-,34-. The minimum absolute atomic E-state index is 0.0238. The zero-order chi connectivity index (χ0) is 38.6. The zero-order valence-electron chi connectivity index (χ0n) is 32.1. The molecule has 13 heteroatoms. The average Bonchev–Trinajstić information content (AvgIpc) is 3.43. The highest BCUT2D eigenvalue weighted by Gasteiger charge is 2.30. The lowest BCUT2D eigenvalue weighted by molar-refractivity contribution is -0.144. The second-order valence-electron chi connectivity index (χ2n) is 16.3. The summed E-state index contributed by atoms with van der Waals surface area (Å²) < 4.78 is 74.6. The molecule has 4 aromatic rings. The van der Waals surface area contributed by atoms with Crippen LogP contribution in [0.25, 0.3) is 33.3 Å². The number of benzene rings is 3. The summed E-state index contributed by atoms with van der Waals surface area (Å²) in [7, 11) is -4.33. The molecule has 1 saturated carbocycles. The van der Waals surface area contributed by atoms with Crippen LogP contribution in [0.15, 0.2) is 54.6 Å². The van der Waals surface area contributed by atoms with Crippen molar-refractivity contribution in [2.24, 2.45) is 11.8 Å². The molecule has 2 fully saturated rings. The molecular formula is C41H53F2N3O6SSi. The van der Waals surface area contributed by atoms with Gasteiger partial charge in [-0.05, 0) is 72.7 Å². The normalized spacial score (nSPS) is 18.5. The number of carbonyl (C=O) groups excluding carboxylic acids is 1. The summed E-state index contributed by atoms with van der Waals surface area (Å²) in [5.74, 6) is -0.979. The number of fused-ring (bicyclic) bond motifs is 1. The Morgan fingerprint density at radius 1 is 0.926 bits per heavy atom. The average molecular weight is 782 g/mol. The molecule has 2 aliphatic rings.